The third-order valence-corrected chi connectivity index (χ3v) is 4.88. The summed E-state index contributed by atoms with van der Waals surface area (Å²) in [6.07, 6.45) is 1.67. The van der Waals surface area contributed by atoms with Crippen molar-refractivity contribution in [3.8, 4) is 22.5 Å². The number of hydrogen-bond acceptors (Lipinski definition) is 9. The van der Waals surface area contributed by atoms with Gasteiger partial charge in [-0.15, -0.1) is 0 Å². The lowest BCUT2D eigenvalue weighted by molar-refractivity contribution is 0.122. The Balaban J connectivity index is 1.68. The molecule has 1 fully saturated rings. The number of fused-ring (bicyclic) bond motifs is 1. The van der Waals surface area contributed by atoms with Gasteiger partial charge in [-0.05, 0) is 6.92 Å². The highest BCUT2D eigenvalue weighted by atomic mass is 16.5. The summed E-state index contributed by atoms with van der Waals surface area (Å²) in [6.45, 7) is 4.53. The number of aromatic nitrogens is 5. The van der Waals surface area contributed by atoms with Gasteiger partial charge in [0.05, 0.1) is 30.7 Å². The maximum absolute atomic E-state index is 5.92. The zero-order chi connectivity index (χ0) is 19.8. The van der Waals surface area contributed by atoms with E-state index in [0.29, 0.717) is 54.7 Å². The lowest BCUT2D eigenvalue weighted by atomic mass is 10.0. The molecule has 3 aromatic heterocycles. The van der Waals surface area contributed by atoms with E-state index in [1.165, 1.54) is 0 Å². The molecule has 1 aliphatic rings. The normalized spacial score (nSPS) is 14.4. The standard InChI is InChI=1S/C20H19N7O2/c1-12-15(16(26-29-12)13-5-3-2-4-6-13)14-11-22-18-17(23-14)19(25-20(21)24-18)27-7-9-28-10-8-27/h2-6,11H,7-10H2,1H3,(H2,21,22,24,25). The van der Waals surface area contributed by atoms with Gasteiger partial charge in [-0.3, -0.25) is 0 Å². The maximum Gasteiger partial charge on any atom is 0.224 e. The van der Waals surface area contributed by atoms with Crippen molar-refractivity contribution < 1.29 is 9.26 Å². The van der Waals surface area contributed by atoms with Crippen LogP contribution in [0, 0.1) is 6.92 Å². The number of nitrogens with zero attached hydrogens (tertiary/aromatic N) is 6. The van der Waals surface area contributed by atoms with Gasteiger partial charge in [0.25, 0.3) is 0 Å². The lowest BCUT2D eigenvalue weighted by Gasteiger charge is -2.28. The highest BCUT2D eigenvalue weighted by molar-refractivity contribution is 5.88. The first-order valence-corrected chi connectivity index (χ1v) is 9.36. The quantitative estimate of drug-likeness (QED) is 0.564. The number of nitrogens with two attached hydrogens (primary N) is 1. The van der Waals surface area contributed by atoms with Gasteiger partial charge in [-0.25, -0.2) is 9.97 Å². The van der Waals surface area contributed by atoms with Crippen LogP contribution in [0.5, 0.6) is 0 Å². The molecule has 2 N–H and O–H groups in total. The van der Waals surface area contributed by atoms with Gasteiger partial charge in [-0.2, -0.15) is 9.97 Å². The first-order chi connectivity index (χ1) is 14.2. The molecule has 29 heavy (non-hydrogen) atoms. The lowest BCUT2D eigenvalue weighted by Crippen LogP contribution is -2.37. The number of rotatable bonds is 3. The molecule has 4 heterocycles. The number of hydrogen-bond donors (Lipinski definition) is 1. The smallest absolute Gasteiger partial charge is 0.224 e. The molecule has 0 atom stereocenters. The fraction of sp³-hybridized carbons (Fsp3) is 0.250. The Morgan fingerprint density at radius 1 is 1.03 bits per heavy atom. The van der Waals surface area contributed by atoms with E-state index in [0.717, 1.165) is 16.8 Å². The van der Waals surface area contributed by atoms with Crippen LogP contribution in [-0.4, -0.2) is 51.4 Å². The Morgan fingerprint density at radius 2 is 1.83 bits per heavy atom. The number of ether oxygens (including phenoxy) is 1. The predicted molar refractivity (Wildman–Crippen MR) is 108 cm³/mol. The summed E-state index contributed by atoms with van der Waals surface area (Å²) in [7, 11) is 0. The number of nitrogen functional groups attached to an aromatic ring is 1. The summed E-state index contributed by atoms with van der Waals surface area (Å²) >= 11 is 0. The van der Waals surface area contributed by atoms with Crippen molar-refractivity contribution in [2.75, 3.05) is 36.9 Å². The molecule has 0 radical (unpaired) electrons. The molecular weight excluding hydrogens is 370 g/mol. The van der Waals surface area contributed by atoms with E-state index in [9.17, 15) is 0 Å². The number of aryl methyl sites for hydroxylation is 1. The van der Waals surface area contributed by atoms with Crippen LogP contribution in [0.4, 0.5) is 11.8 Å². The molecular formula is C20H19N7O2. The van der Waals surface area contributed by atoms with Gasteiger partial charge in [0.15, 0.2) is 17.0 Å². The molecule has 1 aromatic carbocycles. The van der Waals surface area contributed by atoms with Crippen LogP contribution < -0.4 is 10.6 Å². The average molecular weight is 389 g/mol. The molecule has 146 valence electrons. The molecule has 1 saturated heterocycles. The summed E-state index contributed by atoms with van der Waals surface area (Å²) in [4.78, 5) is 20.2. The Labute approximate surface area is 166 Å². The van der Waals surface area contributed by atoms with Crippen molar-refractivity contribution in [1.29, 1.82) is 0 Å². The summed E-state index contributed by atoms with van der Waals surface area (Å²) in [5, 5.41) is 4.25. The van der Waals surface area contributed by atoms with E-state index in [2.05, 4.69) is 25.0 Å². The van der Waals surface area contributed by atoms with E-state index in [4.69, 9.17) is 20.0 Å². The Hall–Kier alpha value is -3.59. The van der Waals surface area contributed by atoms with Crippen LogP contribution in [0.25, 0.3) is 33.7 Å². The van der Waals surface area contributed by atoms with Crippen molar-refractivity contribution in [2.24, 2.45) is 0 Å². The van der Waals surface area contributed by atoms with E-state index >= 15 is 0 Å². The third-order valence-electron chi connectivity index (χ3n) is 4.88. The van der Waals surface area contributed by atoms with Crippen molar-refractivity contribution in [1.82, 2.24) is 25.1 Å². The second-order valence-corrected chi connectivity index (χ2v) is 6.76. The zero-order valence-electron chi connectivity index (χ0n) is 15.9. The van der Waals surface area contributed by atoms with Crippen LogP contribution in [0.3, 0.4) is 0 Å². The van der Waals surface area contributed by atoms with Gasteiger partial charge >= 0.3 is 0 Å². The van der Waals surface area contributed by atoms with Crippen molar-refractivity contribution in [3.05, 3.63) is 42.3 Å². The zero-order valence-corrected chi connectivity index (χ0v) is 15.9. The molecule has 0 aliphatic carbocycles. The Kier molecular flexibility index (Phi) is 4.28. The monoisotopic (exact) mass is 389 g/mol. The molecule has 5 rings (SSSR count). The fourth-order valence-corrected chi connectivity index (χ4v) is 3.49. The van der Waals surface area contributed by atoms with Gasteiger partial charge in [0.2, 0.25) is 5.95 Å². The van der Waals surface area contributed by atoms with Crippen molar-refractivity contribution >= 4 is 22.9 Å². The van der Waals surface area contributed by atoms with Crippen LogP contribution >= 0.6 is 0 Å². The molecule has 4 aromatic rings. The van der Waals surface area contributed by atoms with Crippen LogP contribution in [0.2, 0.25) is 0 Å². The molecule has 0 spiro atoms. The SMILES string of the molecule is Cc1onc(-c2ccccc2)c1-c1cnc2nc(N)nc(N3CCOCC3)c2n1. The molecule has 0 amide bonds. The van der Waals surface area contributed by atoms with Crippen molar-refractivity contribution in [2.45, 2.75) is 6.92 Å². The predicted octanol–water partition coefficient (Wildman–Crippen LogP) is 2.47. The van der Waals surface area contributed by atoms with E-state index < -0.39 is 0 Å². The summed E-state index contributed by atoms with van der Waals surface area (Å²) in [5.74, 6) is 1.51. The second kappa shape index (κ2) is 7.10. The molecule has 0 saturated carbocycles. The highest BCUT2D eigenvalue weighted by Crippen LogP contribution is 2.34. The number of morpholine rings is 1. The van der Waals surface area contributed by atoms with E-state index in [1.807, 2.05) is 37.3 Å². The average Bonchev–Trinajstić information content (AvgIpc) is 3.15. The number of anilines is 2. The Bertz CT molecular complexity index is 1170. The topological polar surface area (TPSA) is 116 Å². The maximum atomic E-state index is 5.92. The van der Waals surface area contributed by atoms with E-state index in [-0.39, 0.29) is 5.95 Å². The van der Waals surface area contributed by atoms with Gasteiger partial charge < -0.3 is 19.9 Å². The van der Waals surface area contributed by atoms with Crippen LogP contribution in [0.1, 0.15) is 5.76 Å². The van der Waals surface area contributed by atoms with Crippen molar-refractivity contribution in [3.63, 3.8) is 0 Å². The van der Waals surface area contributed by atoms with Crippen LogP contribution in [-0.2, 0) is 4.74 Å². The molecule has 9 nitrogen and oxygen atoms in total. The first-order valence-electron chi connectivity index (χ1n) is 9.36. The fourth-order valence-electron chi connectivity index (χ4n) is 3.49. The Morgan fingerprint density at radius 3 is 2.62 bits per heavy atom. The molecule has 0 bridgehead atoms. The van der Waals surface area contributed by atoms with Gasteiger partial charge in [0.1, 0.15) is 11.5 Å². The first kappa shape index (κ1) is 17.5. The minimum absolute atomic E-state index is 0.173. The minimum Gasteiger partial charge on any atom is -0.378 e. The molecule has 9 heteroatoms. The van der Waals surface area contributed by atoms with E-state index in [1.54, 1.807) is 6.20 Å². The summed E-state index contributed by atoms with van der Waals surface area (Å²) in [5.41, 5.74) is 10.1. The summed E-state index contributed by atoms with van der Waals surface area (Å²) in [6, 6.07) is 9.85. The minimum atomic E-state index is 0.173. The summed E-state index contributed by atoms with van der Waals surface area (Å²) < 4.78 is 10.9. The van der Waals surface area contributed by atoms with Gasteiger partial charge in [0, 0.05) is 18.7 Å². The second-order valence-electron chi connectivity index (χ2n) is 6.76. The number of benzene rings is 1. The molecule has 1 aliphatic heterocycles. The van der Waals surface area contributed by atoms with Crippen LogP contribution in [0.15, 0.2) is 41.1 Å². The molecule has 0 unspecified atom stereocenters. The highest BCUT2D eigenvalue weighted by Gasteiger charge is 2.22. The van der Waals surface area contributed by atoms with Gasteiger partial charge in [-0.1, -0.05) is 35.5 Å². The largest absolute Gasteiger partial charge is 0.378 e. The third kappa shape index (κ3) is 3.15.